The van der Waals surface area contributed by atoms with Crippen LogP contribution in [0.3, 0.4) is 0 Å². The lowest BCUT2D eigenvalue weighted by Crippen LogP contribution is -2.49. The minimum absolute atomic E-state index is 0.101. The highest BCUT2D eigenvalue weighted by molar-refractivity contribution is 5.95. The Kier molecular flexibility index (Phi) is 7.15. The van der Waals surface area contributed by atoms with Crippen molar-refractivity contribution < 1.29 is 22.9 Å². The molecule has 0 radical (unpaired) electrons. The van der Waals surface area contributed by atoms with Crippen molar-refractivity contribution in [3.8, 4) is 0 Å². The van der Waals surface area contributed by atoms with Crippen LogP contribution >= 0.6 is 0 Å². The Morgan fingerprint density at radius 3 is 2.38 bits per heavy atom. The molecule has 0 unspecified atom stereocenters. The van der Waals surface area contributed by atoms with Gasteiger partial charge in [-0.05, 0) is 38.5 Å². The van der Waals surface area contributed by atoms with Gasteiger partial charge in [-0.1, -0.05) is 24.3 Å². The number of nitro benzene ring substituents is 1. The first-order chi connectivity index (χ1) is 17.4. The summed E-state index contributed by atoms with van der Waals surface area (Å²) in [5, 5.41) is 11.3. The number of nitrogens with zero attached hydrogens (tertiary/aromatic N) is 5. The summed E-state index contributed by atoms with van der Waals surface area (Å²) in [6.07, 6.45) is -4.20. The van der Waals surface area contributed by atoms with Crippen molar-refractivity contribution in [3.63, 3.8) is 0 Å². The summed E-state index contributed by atoms with van der Waals surface area (Å²) in [7, 11) is 0. The molecule has 1 amide bonds. The van der Waals surface area contributed by atoms with Gasteiger partial charge in [-0.3, -0.25) is 14.9 Å². The Hall–Kier alpha value is -4.02. The number of amides is 1. The van der Waals surface area contributed by atoms with Crippen LogP contribution < -0.4 is 4.90 Å². The van der Waals surface area contributed by atoms with E-state index in [0.717, 1.165) is 17.7 Å². The van der Waals surface area contributed by atoms with Crippen LogP contribution in [0.4, 0.5) is 24.7 Å². The topological polar surface area (TPSA) is 92.5 Å². The first kappa shape index (κ1) is 26.1. The molecule has 194 valence electrons. The number of nitro groups is 1. The third-order valence-corrected chi connectivity index (χ3v) is 6.46. The third-order valence-electron chi connectivity index (χ3n) is 6.46. The minimum atomic E-state index is -4.43. The normalized spacial score (nSPS) is 14.1. The molecule has 0 bridgehead atoms. The predicted molar refractivity (Wildman–Crippen MR) is 132 cm³/mol. The Labute approximate surface area is 211 Å². The van der Waals surface area contributed by atoms with Crippen LogP contribution in [0.5, 0.6) is 0 Å². The number of rotatable bonds is 5. The minimum Gasteiger partial charge on any atom is -0.353 e. The van der Waals surface area contributed by atoms with Crippen molar-refractivity contribution in [1.29, 1.82) is 0 Å². The summed E-state index contributed by atoms with van der Waals surface area (Å²) in [6, 6.07) is 9.67. The number of anilines is 1. The number of carbonyl (C=O) groups excluding carboxylic acids is 1. The second kappa shape index (κ2) is 10.2. The molecule has 1 saturated heterocycles. The van der Waals surface area contributed by atoms with Crippen LogP contribution in [0.1, 0.15) is 44.1 Å². The van der Waals surface area contributed by atoms with E-state index in [4.69, 9.17) is 0 Å². The highest BCUT2D eigenvalue weighted by Gasteiger charge is 2.31. The molecule has 0 N–H and O–H groups in total. The van der Waals surface area contributed by atoms with E-state index >= 15 is 0 Å². The number of hydrogen-bond donors (Lipinski definition) is 0. The SMILES string of the molecule is Cc1nc(C)c(Cc2cccc(C(F)(F)F)c2)c(N2CCN(C(=O)c3ccc(C)c([N+](=O)[O-])c3)CC2)n1. The van der Waals surface area contributed by atoms with Gasteiger partial charge in [0.25, 0.3) is 11.6 Å². The van der Waals surface area contributed by atoms with E-state index in [1.54, 1.807) is 36.9 Å². The van der Waals surface area contributed by atoms with Crippen molar-refractivity contribution in [2.45, 2.75) is 33.4 Å². The van der Waals surface area contributed by atoms with E-state index in [9.17, 15) is 28.1 Å². The highest BCUT2D eigenvalue weighted by atomic mass is 19.4. The van der Waals surface area contributed by atoms with Crippen molar-refractivity contribution in [1.82, 2.24) is 14.9 Å². The van der Waals surface area contributed by atoms with E-state index in [1.807, 2.05) is 11.8 Å². The van der Waals surface area contributed by atoms with E-state index in [0.29, 0.717) is 54.6 Å². The molecule has 3 aromatic rings. The summed E-state index contributed by atoms with van der Waals surface area (Å²) >= 11 is 0. The van der Waals surface area contributed by atoms with Crippen LogP contribution in [-0.2, 0) is 12.6 Å². The number of piperazine rings is 1. The molecular weight excluding hydrogens is 487 g/mol. The predicted octanol–water partition coefficient (Wildman–Crippen LogP) is 4.88. The first-order valence-corrected chi connectivity index (χ1v) is 11.7. The molecular formula is C26H26F3N5O3. The van der Waals surface area contributed by atoms with Crippen molar-refractivity contribution in [2.24, 2.45) is 0 Å². The van der Waals surface area contributed by atoms with Gasteiger partial charge in [0.2, 0.25) is 0 Å². The Morgan fingerprint density at radius 1 is 1.03 bits per heavy atom. The molecule has 1 aliphatic rings. The van der Waals surface area contributed by atoms with Gasteiger partial charge in [0.05, 0.1) is 10.5 Å². The molecule has 1 aliphatic heterocycles. The maximum atomic E-state index is 13.2. The lowest BCUT2D eigenvalue weighted by Gasteiger charge is -2.36. The molecule has 0 spiro atoms. The Morgan fingerprint density at radius 2 is 1.73 bits per heavy atom. The van der Waals surface area contributed by atoms with Gasteiger partial charge in [0.15, 0.2) is 0 Å². The molecule has 0 saturated carbocycles. The molecule has 2 aromatic carbocycles. The fraction of sp³-hybridized carbons (Fsp3) is 0.346. The molecule has 4 rings (SSSR count). The van der Waals surface area contributed by atoms with Gasteiger partial charge >= 0.3 is 6.18 Å². The summed E-state index contributed by atoms with van der Waals surface area (Å²) in [5.74, 6) is 0.897. The summed E-state index contributed by atoms with van der Waals surface area (Å²) < 4.78 is 39.6. The third kappa shape index (κ3) is 5.71. The van der Waals surface area contributed by atoms with E-state index in [2.05, 4.69) is 9.97 Å². The molecule has 0 aliphatic carbocycles. The number of aryl methyl sites for hydroxylation is 3. The molecule has 1 aromatic heterocycles. The lowest BCUT2D eigenvalue weighted by atomic mass is 10.0. The summed E-state index contributed by atoms with van der Waals surface area (Å²) in [6.45, 7) is 6.82. The zero-order valence-electron chi connectivity index (χ0n) is 20.7. The van der Waals surface area contributed by atoms with E-state index in [-0.39, 0.29) is 23.6 Å². The molecule has 1 fully saturated rings. The van der Waals surface area contributed by atoms with Crippen LogP contribution in [0.25, 0.3) is 0 Å². The number of alkyl halides is 3. The maximum absolute atomic E-state index is 13.2. The van der Waals surface area contributed by atoms with Crippen LogP contribution in [0, 0.1) is 30.9 Å². The first-order valence-electron chi connectivity index (χ1n) is 11.7. The summed E-state index contributed by atoms with van der Waals surface area (Å²) in [4.78, 5) is 36.5. The van der Waals surface area contributed by atoms with Gasteiger partial charge in [-0.25, -0.2) is 9.97 Å². The highest BCUT2D eigenvalue weighted by Crippen LogP contribution is 2.31. The molecule has 0 atom stereocenters. The molecule has 37 heavy (non-hydrogen) atoms. The standard InChI is InChI=1S/C26H26F3N5O3/c1-16-7-8-20(15-23(16)34(36)37)25(35)33-11-9-32(10-12-33)24-22(17(2)30-18(3)31-24)14-19-5-4-6-21(13-19)26(27,28)29/h4-8,13,15H,9-12,14H2,1-3H3. The molecule has 8 nitrogen and oxygen atoms in total. The molecule has 2 heterocycles. The number of halogens is 3. The molecule has 11 heteroatoms. The zero-order valence-corrected chi connectivity index (χ0v) is 20.7. The van der Waals surface area contributed by atoms with E-state index < -0.39 is 16.7 Å². The van der Waals surface area contributed by atoms with Crippen LogP contribution in [0.15, 0.2) is 42.5 Å². The van der Waals surface area contributed by atoms with Crippen LogP contribution in [0.2, 0.25) is 0 Å². The average Bonchev–Trinajstić information content (AvgIpc) is 2.85. The summed E-state index contributed by atoms with van der Waals surface area (Å²) in [5.41, 5.74) is 1.85. The van der Waals surface area contributed by atoms with Gasteiger partial charge in [0.1, 0.15) is 11.6 Å². The van der Waals surface area contributed by atoms with Gasteiger partial charge < -0.3 is 9.80 Å². The lowest BCUT2D eigenvalue weighted by molar-refractivity contribution is -0.385. The largest absolute Gasteiger partial charge is 0.416 e. The fourth-order valence-electron chi connectivity index (χ4n) is 4.49. The zero-order chi connectivity index (χ0) is 26.9. The van der Waals surface area contributed by atoms with Gasteiger partial charge in [-0.15, -0.1) is 0 Å². The smallest absolute Gasteiger partial charge is 0.353 e. The van der Waals surface area contributed by atoms with Gasteiger partial charge in [0, 0.05) is 61.1 Å². The number of aromatic nitrogens is 2. The van der Waals surface area contributed by atoms with Crippen molar-refractivity contribution in [3.05, 3.63) is 91.9 Å². The van der Waals surface area contributed by atoms with Gasteiger partial charge in [-0.2, -0.15) is 13.2 Å². The number of hydrogen-bond acceptors (Lipinski definition) is 6. The quantitative estimate of drug-likeness (QED) is 0.357. The van der Waals surface area contributed by atoms with Crippen molar-refractivity contribution in [2.75, 3.05) is 31.1 Å². The fourth-order valence-corrected chi connectivity index (χ4v) is 4.49. The number of carbonyl (C=O) groups is 1. The van der Waals surface area contributed by atoms with Crippen molar-refractivity contribution >= 4 is 17.4 Å². The average molecular weight is 514 g/mol. The maximum Gasteiger partial charge on any atom is 0.416 e. The van der Waals surface area contributed by atoms with Crippen LogP contribution in [-0.4, -0.2) is 51.9 Å². The second-order valence-corrected chi connectivity index (χ2v) is 9.07. The Bertz CT molecular complexity index is 1350. The number of benzene rings is 2. The Balaban J connectivity index is 1.54. The monoisotopic (exact) mass is 513 g/mol. The van der Waals surface area contributed by atoms with E-state index in [1.165, 1.54) is 12.1 Å². The second-order valence-electron chi connectivity index (χ2n) is 9.07.